The van der Waals surface area contributed by atoms with Gasteiger partial charge in [0.15, 0.2) is 0 Å². The van der Waals surface area contributed by atoms with Crippen LogP contribution in [0, 0.1) is 5.92 Å². The van der Waals surface area contributed by atoms with Gasteiger partial charge < -0.3 is 14.6 Å². The van der Waals surface area contributed by atoms with Gasteiger partial charge in [-0.3, -0.25) is 0 Å². The van der Waals surface area contributed by atoms with E-state index in [1.54, 1.807) is 0 Å². The minimum absolute atomic E-state index is 0.582. The van der Waals surface area contributed by atoms with Crippen molar-refractivity contribution in [3.63, 3.8) is 0 Å². The van der Waals surface area contributed by atoms with Crippen LogP contribution in [0.15, 0.2) is 12.4 Å². The van der Waals surface area contributed by atoms with Crippen LogP contribution in [0.3, 0.4) is 0 Å². The Hall–Kier alpha value is -0.870. The Morgan fingerprint density at radius 3 is 3.12 bits per heavy atom. The summed E-state index contributed by atoms with van der Waals surface area (Å²) >= 11 is 0. The van der Waals surface area contributed by atoms with Crippen molar-refractivity contribution in [1.29, 1.82) is 0 Å². The zero-order valence-electron chi connectivity index (χ0n) is 10.9. The summed E-state index contributed by atoms with van der Waals surface area (Å²) in [5, 5.41) is 3.42. The third kappa shape index (κ3) is 3.54. The molecule has 0 saturated carbocycles. The predicted octanol–water partition coefficient (Wildman–Crippen LogP) is 1.37. The molecule has 1 saturated heterocycles. The highest BCUT2D eigenvalue weighted by atomic mass is 16.5. The summed E-state index contributed by atoms with van der Waals surface area (Å²) in [6.45, 7) is 1.89. The molecule has 0 aliphatic carbocycles. The molecule has 1 aromatic heterocycles. The Morgan fingerprint density at radius 1 is 1.65 bits per heavy atom. The predicted molar refractivity (Wildman–Crippen MR) is 67.9 cm³/mol. The molecule has 0 spiro atoms. The minimum atomic E-state index is 0.582. The second kappa shape index (κ2) is 6.17. The first-order valence-corrected chi connectivity index (χ1v) is 6.50. The molecule has 1 N–H and O–H groups in total. The number of aryl methyl sites for hydroxylation is 2. The monoisotopic (exact) mass is 237 g/mol. The number of imidazole rings is 1. The normalized spacial score (nSPS) is 21.9. The van der Waals surface area contributed by atoms with Crippen LogP contribution in [-0.4, -0.2) is 35.9 Å². The van der Waals surface area contributed by atoms with Crippen LogP contribution >= 0.6 is 0 Å². The van der Waals surface area contributed by atoms with Crippen molar-refractivity contribution < 1.29 is 4.74 Å². The molecule has 0 amide bonds. The van der Waals surface area contributed by atoms with E-state index in [0.717, 1.165) is 32.0 Å². The van der Waals surface area contributed by atoms with E-state index in [2.05, 4.69) is 29.0 Å². The number of hydrogen-bond donors (Lipinski definition) is 1. The number of nitrogens with zero attached hydrogens (tertiary/aromatic N) is 2. The Bertz CT molecular complexity index is 331. The van der Waals surface area contributed by atoms with Gasteiger partial charge in [0.05, 0.1) is 0 Å². The molecule has 4 nitrogen and oxygen atoms in total. The van der Waals surface area contributed by atoms with Gasteiger partial charge in [-0.05, 0) is 32.2 Å². The lowest BCUT2D eigenvalue weighted by Gasteiger charge is -2.19. The average Bonchev–Trinajstić information content (AvgIpc) is 2.96. The first-order chi connectivity index (χ1) is 8.29. The molecule has 17 heavy (non-hydrogen) atoms. The molecule has 1 fully saturated rings. The van der Waals surface area contributed by atoms with Crippen LogP contribution in [0.25, 0.3) is 0 Å². The number of nitrogens with one attached hydrogen (secondary N) is 1. The van der Waals surface area contributed by atoms with Gasteiger partial charge in [-0.2, -0.15) is 0 Å². The first-order valence-electron chi connectivity index (χ1n) is 6.50. The second-order valence-corrected chi connectivity index (χ2v) is 4.94. The molecular weight excluding hydrogens is 214 g/mol. The summed E-state index contributed by atoms with van der Waals surface area (Å²) in [5.74, 6) is 1.92. The highest BCUT2D eigenvalue weighted by Crippen LogP contribution is 2.19. The Balaban J connectivity index is 1.77. The third-order valence-corrected chi connectivity index (χ3v) is 3.69. The zero-order valence-corrected chi connectivity index (χ0v) is 10.9. The molecule has 96 valence electrons. The lowest BCUT2D eigenvalue weighted by Crippen LogP contribution is -2.29. The van der Waals surface area contributed by atoms with Crippen LogP contribution in [0.5, 0.6) is 0 Å². The summed E-state index contributed by atoms with van der Waals surface area (Å²) in [6, 6.07) is 0.582. The number of aromatic nitrogens is 2. The van der Waals surface area contributed by atoms with Gasteiger partial charge in [-0.25, -0.2) is 4.98 Å². The summed E-state index contributed by atoms with van der Waals surface area (Å²) in [7, 11) is 4.11. The second-order valence-electron chi connectivity index (χ2n) is 4.94. The van der Waals surface area contributed by atoms with E-state index in [4.69, 9.17) is 4.74 Å². The average molecular weight is 237 g/mol. The van der Waals surface area contributed by atoms with E-state index in [1.165, 1.54) is 18.7 Å². The highest BCUT2D eigenvalue weighted by Gasteiger charge is 2.20. The fraction of sp³-hybridized carbons (Fsp3) is 0.769. The van der Waals surface area contributed by atoms with Crippen molar-refractivity contribution in [2.75, 3.05) is 20.3 Å². The van der Waals surface area contributed by atoms with Crippen molar-refractivity contribution in [3.8, 4) is 0 Å². The maximum absolute atomic E-state index is 5.43. The molecule has 0 radical (unpaired) electrons. The minimum Gasteiger partial charge on any atom is -0.381 e. The van der Waals surface area contributed by atoms with Gasteiger partial charge in [0.2, 0.25) is 0 Å². The van der Waals surface area contributed by atoms with E-state index in [1.807, 2.05) is 12.4 Å². The summed E-state index contributed by atoms with van der Waals surface area (Å²) in [4.78, 5) is 4.36. The maximum atomic E-state index is 5.43. The molecule has 2 heterocycles. The standard InChI is InChI=1S/C13H23N3O/c1-14-12(9-11-5-8-17-10-11)3-4-13-15-6-7-16(13)2/h6-7,11-12,14H,3-5,8-10H2,1-2H3. The van der Waals surface area contributed by atoms with E-state index >= 15 is 0 Å². The highest BCUT2D eigenvalue weighted by molar-refractivity contribution is 4.92. The van der Waals surface area contributed by atoms with Crippen LogP contribution in [0.1, 0.15) is 25.1 Å². The van der Waals surface area contributed by atoms with Gasteiger partial charge in [0.25, 0.3) is 0 Å². The van der Waals surface area contributed by atoms with Crippen LogP contribution in [0.2, 0.25) is 0 Å². The number of hydrogen-bond acceptors (Lipinski definition) is 3. The van der Waals surface area contributed by atoms with E-state index in [-0.39, 0.29) is 0 Å². The van der Waals surface area contributed by atoms with Crippen LogP contribution in [-0.2, 0) is 18.2 Å². The van der Waals surface area contributed by atoms with Crippen LogP contribution < -0.4 is 5.32 Å². The van der Waals surface area contributed by atoms with Gasteiger partial charge in [-0.15, -0.1) is 0 Å². The van der Waals surface area contributed by atoms with E-state index in [9.17, 15) is 0 Å². The van der Waals surface area contributed by atoms with E-state index < -0.39 is 0 Å². The van der Waals surface area contributed by atoms with Crippen molar-refractivity contribution in [1.82, 2.24) is 14.9 Å². The summed E-state index contributed by atoms with van der Waals surface area (Å²) in [5.41, 5.74) is 0. The molecule has 2 unspecified atom stereocenters. The molecule has 1 aliphatic heterocycles. The van der Waals surface area contributed by atoms with Crippen LogP contribution in [0.4, 0.5) is 0 Å². The van der Waals surface area contributed by atoms with Crippen molar-refractivity contribution in [2.45, 2.75) is 31.7 Å². The molecule has 0 bridgehead atoms. The maximum Gasteiger partial charge on any atom is 0.108 e. The number of rotatable bonds is 6. The molecular formula is C13H23N3O. The molecule has 0 aromatic carbocycles. The fourth-order valence-electron chi connectivity index (χ4n) is 2.49. The lowest BCUT2D eigenvalue weighted by atomic mass is 9.96. The van der Waals surface area contributed by atoms with Gasteiger partial charge in [0.1, 0.15) is 5.82 Å². The topological polar surface area (TPSA) is 39.1 Å². The van der Waals surface area contributed by atoms with Gasteiger partial charge in [0, 0.05) is 45.1 Å². The van der Waals surface area contributed by atoms with Crippen molar-refractivity contribution in [2.24, 2.45) is 13.0 Å². The molecule has 1 aliphatic rings. The van der Waals surface area contributed by atoms with Gasteiger partial charge in [-0.1, -0.05) is 0 Å². The quantitative estimate of drug-likeness (QED) is 0.812. The summed E-state index contributed by atoms with van der Waals surface area (Å²) < 4.78 is 7.53. The van der Waals surface area contributed by atoms with E-state index in [0.29, 0.717) is 6.04 Å². The molecule has 1 aromatic rings. The first kappa shape index (κ1) is 12.6. The third-order valence-electron chi connectivity index (χ3n) is 3.69. The Kier molecular flexibility index (Phi) is 4.57. The SMILES string of the molecule is CNC(CCc1nccn1C)CC1CCOC1. The fourth-order valence-corrected chi connectivity index (χ4v) is 2.49. The van der Waals surface area contributed by atoms with Crippen molar-refractivity contribution in [3.05, 3.63) is 18.2 Å². The Labute approximate surface area is 103 Å². The molecule has 4 heteroatoms. The Morgan fingerprint density at radius 2 is 2.53 bits per heavy atom. The molecule has 2 atom stereocenters. The summed E-state index contributed by atoms with van der Waals surface area (Å²) in [6.07, 6.45) is 8.52. The smallest absolute Gasteiger partial charge is 0.108 e. The lowest BCUT2D eigenvalue weighted by molar-refractivity contribution is 0.181. The van der Waals surface area contributed by atoms with Crippen molar-refractivity contribution >= 4 is 0 Å². The molecule has 2 rings (SSSR count). The van der Waals surface area contributed by atoms with Gasteiger partial charge >= 0.3 is 0 Å². The zero-order chi connectivity index (χ0) is 12.1. The number of ether oxygens (including phenoxy) is 1. The largest absolute Gasteiger partial charge is 0.381 e.